The van der Waals surface area contributed by atoms with Crippen LogP contribution in [-0.4, -0.2) is 62.6 Å². The van der Waals surface area contributed by atoms with Crippen LogP contribution in [0.4, 0.5) is 10.5 Å². The van der Waals surface area contributed by atoms with Gasteiger partial charge >= 0.3 is 6.09 Å². The summed E-state index contributed by atoms with van der Waals surface area (Å²) >= 11 is 0. The van der Waals surface area contributed by atoms with Crippen molar-refractivity contribution < 1.29 is 19.5 Å². The van der Waals surface area contributed by atoms with Crippen LogP contribution in [-0.2, 0) is 22.6 Å². The fourth-order valence-electron chi connectivity index (χ4n) is 4.09. The number of aromatic amines is 1. The third kappa shape index (κ3) is 8.29. The van der Waals surface area contributed by atoms with Crippen molar-refractivity contribution in [2.24, 2.45) is 5.41 Å². The highest BCUT2D eigenvalue weighted by Crippen LogP contribution is 2.25. The first-order chi connectivity index (χ1) is 18.3. The SMILES string of the molecule is CN(C)C(=O)/C=C/CC[C@H](NC(=O)O)C(=O)Nc1cccn(Cc2nc3cccc(CC(C)(C)C)c3[nH]2)c1=O. The van der Waals surface area contributed by atoms with E-state index in [2.05, 4.69) is 47.4 Å². The second kappa shape index (κ2) is 12.4. The zero-order chi connectivity index (χ0) is 28.7. The Hall–Kier alpha value is -4.41. The van der Waals surface area contributed by atoms with Crippen molar-refractivity contribution in [3.05, 3.63) is 70.4 Å². The summed E-state index contributed by atoms with van der Waals surface area (Å²) in [4.78, 5) is 58.3. The van der Waals surface area contributed by atoms with Crippen molar-refractivity contribution in [2.75, 3.05) is 19.4 Å². The minimum Gasteiger partial charge on any atom is -0.465 e. The Labute approximate surface area is 226 Å². The Morgan fingerprint density at radius 1 is 1.18 bits per heavy atom. The molecule has 0 unspecified atom stereocenters. The molecule has 3 amide bonds. The van der Waals surface area contributed by atoms with E-state index in [0.717, 1.165) is 23.0 Å². The van der Waals surface area contributed by atoms with Crippen LogP contribution in [0.15, 0.2) is 53.5 Å². The molecule has 11 heteroatoms. The van der Waals surface area contributed by atoms with Gasteiger partial charge in [0.1, 0.15) is 17.6 Å². The molecule has 4 N–H and O–H groups in total. The van der Waals surface area contributed by atoms with E-state index in [-0.39, 0.29) is 36.4 Å². The van der Waals surface area contributed by atoms with Crippen molar-refractivity contribution in [2.45, 2.75) is 52.6 Å². The number of para-hydroxylation sites is 1. The molecule has 2 aromatic heterocycles. The topological polar surface area (TPSA) is 149 Å². The predicted molar refractivity (Wildman–Crippen MR) is 150 cm³/mol. The van der Waals surface area contributed by atoms with Crippen LogP contribution in [0.3, 0.4) is 0 Å². The number of hydrogen-bond donors (Lipinski definition) is 4. The molecule has 208 valence electrons. The number of nitrogens with one attached hydrogen (secondary N) is 3. The number of fused-ring (bicyclic) bond motifs is 1. The molecular formula is C28H36N6O5. The van der Waals surface area contributed by atoms with Gasteiger partial charge in [-0.25, -0.2) is 9.78 Å². The quantitative estimate of drug-likeness (QED) is 0.292. The van der Waals surface area contributed by atoms with Crippen molar-refractivity contribution >= 4 is 34.6 Å². The number of carboxylic acid groups (broad SMARTS) is 1. The molecule has 0 aliphatic heterocycles. The maximum absolute atomic E-state index is 13.1. The van der Waals surface area contributed by atoms with Gasteiger partial charge in [-0.05, 0) is 54.5 Å². The van der Waals surface area contributed by atoms with Crippen molar-refractivity contribution in [1.29, 1.82) is 0 Å². The number of imidazole rings is 1. The van der Waals surface area contributed by atoms with E-state index in [9.17, 15) is 24.3 Å². The molecular weight excluding hydrogens is 500 g/mol. The second-order valence-electron chi connectivity index (χ2n) is 10.8. The predicted octanol–water partition coefficient (Wildman–Crippen LogP) is 3.36. The maximum Gasteiger partial charge on any atom is 0.405 e. The lowest BCUT2D eigenvalue weighted by Crippen LogP contribution is -2.44. The minimum absolute atomic E-state index is 0.0162. The fraction of sp³-hybridized carbons (Fsp3) is 0.393. The number of pyridine rings is 1. The first kappa shape index (κ1) is 29.2. The number of allylic oxidation sites excluding steroid dienone is 1. The van der Waals surface area contributed by atoms with Crippen LogP contribution in [0.25, 0.3) is 11.0 Å². The van der Waals surface area contributed by atoms with E-state index >= 15 is 0 Å². The van der Waals surface area contributed by atoms with Crippen LogP contribution < -0.4 is 16.2 Å². The lowest BCUT2D eigenvalue weighted by atomic mass is 9.88. The van der Waals surface area contributed by atoms with Crippen molar-refractivity contribution in [1.82, 2.24) is 24.8 Å². The largest absolute Gasteiger partial charge is 0.465 e. The molecule has 0 aliphatic carbocycles. The minimum atomic E-state index is -1.37. The van der Waals surface area contributed by atoms with Crippen molar-refractivity contribution in [3.63, 3.8) is 0 Å². The molecule has 3 rings (SSSR count). The monoisotopic (exact) mass is 536 g/mol. The molecule has 0 bridgehead atoms. The summed E-state index contributed by atoms with van der Waals surface area (Å²) in [7, 11) is 3.22. The number of H-pyrrole nitrogens is 1. The maximum atomic E-state index is 13.1. The molecule has 3 aromatic rings. The first-order valence-electron chi connectivity index (χ1n) is 12.7. The highest BCUT2D eigenvalue weighted by molar-refractivity contribution is 5.96. The number of likely N-dealkylation sites (N-methyl/N-ethyl adjacent to an activating group) is 1. The van der Waals surface area contributed by atoms with Crippen LogP contribution in [0.1, 0.15) is 45.0 Å². The smallest absolute Gasteiger partial charge is 0.405 e. The van der Waals surface area contributed by atoms with Crippen LogP contribution in [0, 0.1) is 5.41 Å². The number of carbonyl (C=O) groups is 3. The van der Waals surface area contributed by atoms with Crippen LogP contribution in [0.5, 0.6) is 0 Å². The van der Waals surface area contributed by atoms with E-state index in [4.69, 9.17) is 0 Å². The van der Waals surface area contributed by atoms with E-state index in [1.807, 2.05) is 12.1 Å². The van der Waals surface area contributed by atoms with Gasteiger partial charge in [0.25, 0.3) is 5.56 Å². The molecule has 0 radical (unpaired) electrons. The molecule has 0 saturated heterocycles. The summed E-state index contributed by atoms with van der Waals surface area (Å²) in [5, 5.41) is 13.9. The average molecular weight is 537 g/mol. The van der Waals surface area contributed by atoms with Gasteiger partial charge in [0, 0.05) is 20.3 Å². The molecule has 1 aromatic carbocycles. The van der Waals surface area contributed by atoms with Gasteiger partial charge in [0.05, 0.1) is 17.6 Å². The summed E-state index contributed by atoms with van der Waals surface area (Å²) < 4.78 is 1.42. The molecule has 0 saturated carbocycles. The van der Waals surface area contributed by atoms with E-state index < -0.39 is 23.6 Å². The number of hydrogen-bond acceptors (Lipinski definition) is 5. The number of carbonyl (C=O) groups excluding carboxylic acids is 2. The number of amides is 3. The number of anilines is 1. The first-order valence-corrected chi connectivity index (χ1v) is 12.7. The van der Waals surface area contributed by atoms with Crippen LogP contribution >= 0.6 is 0 Å². The number of benzene rings is 1. The Bertz CT molecular complexity index is 1430. The third-order valence-corrected chi connectivity index (χ3v) is 5.91. The van der Waals surface area contributed by atoms with Gasteiger partial charge in [0.15, 0.2) is 0 Å². The summed E-state index contributed by atoms with van der Waals surface area (Å²) in [6.07, 6.45) is 4.40. The van der Waals surface area contributed by atoms with E-state index in [1.54, 1.807) is 32.4 Å². The molecule has 39 heavy (non-hydrogen) atoms. The molecule has 0 spiro atoms. The van der Waals surface area contributed by atoms with Gasteiger partial charge < -0.3 is 30.2 Å². The van der Waals surface area contributed by atoms with Crippen LogP contribution in [0.2, 0.25) is 0 Å². The van der Waals surface area contributed by atoms with E-state index in [1.165, 1.54) is 21.6 Å². The van der Waals surface area contributed by atoms with Gasteiger partial charge in [-0.15, -0.1) is 0 Å². The standard InChI is InChI=1S/C28H36N6O5/c1-28(2,3)16-18-10-8-12-19-24(18)32-22(29-19)17-34-15-9-13-21(26(34)37)30-25(36)20(31-27(38)39)11-6-7-14-23(35)33(4)5/h7-10,12-15,20,31H,6,11,16-17H2,1-5H3,(H,29,32)(H,30,36)(H,38,39)/b14-7+/t20-/m0/s1. The van der Waals surface area contributed by atoms with Crippen molar-refractivity contribution in [3.8, 4) is 0 Å². The van der Waals surface area contributed by atoms with Gasteiger partial charge in [-0.2, -0.15) is 0 Å². The molecule has 2 heterocycles. The average Bonchev–Trinajstić information content (AvgIpc) is 3.25. The number of rotatable bonds is 10. The number of aromatic nitrogens is 3. The molecule has 0 aliphatic rings. The summed E-state index contributed by atoms with van der Waals surface area (Å²) in [5.41, 5.74) is 2.55. The lowest BCUT2D eigenvalue weighted by Gasteiger charge is -2.18. The Kier molecular flexibility index (Phi) is 9.29. The Morgan fingerprint density at radius 3 is 2.59 bits per heavy atom. The summed E-state index contributed by atoms with van der Waals surface area (Å²) in [6.45, 7) is 6.67. The van der Waals surface area contributed by atoms with Gasteiger partial charge in [0.2, 0.25) is 11.8 Å². The molecule has 1 atom stereocenters. The highest BCUT2D eigenvalue weighted by atomic mass is 16.4. The van der Waals surface area contributed by atoms with Gasteiger partial charge in [-0.1, -0.05) is 39.0 Å². The molecule has 11 nitrogen and oxygen atoms in total. The Balaban J connectivity index is 1.75. The summed E-state index contributed by atoms with van der Waals surface area (Å²) in [6, 6.07) is 7.92. The summed E-state index contributed by atoms with van der Waals surface area (Å²) in [5.74, 6) is -0.293. The fourth-order valence-corrected chi connectivity index (χ4v) is 4.09. The highest BCUT2D eigenvalue weighted by Gasteiger charge is 2.21. The zero-order valence-corrected chi connectivity index (χ0v) is 22.9. The van der Waals surface area contributed by atoms with E-state index in [0.29, 0.717) is 5.82 Å². The second-order valence-corrected chi connectivity index (χ2v) is 10.8. The normalized spacial score (nSPS) is 12.4. The molecule has 0 fully saturated rings. The third-order valence-electron chi connectivity index (χ3n) is 5.91. The zero-order valence-electron chi connectivity index (χ0n) is 22.9. The van der Waals surface area contributed by atoms with Gasteiger partial charge in [-0.3, -0.25) is 14.4 Å². The lowest BCUT2D eigenvalue weighted by molar-refractivity contribution is -0.123. The number of nitrogens with zero attached hydrogens (tertiary/aromatic N) is 3. The Morgan fingerprint density at radius 2 is 1.92 bits per heavy atom.